The van der Waals surface area contributed by atoms with E-state index < -0.39 is 0 Å². The van der Waals surface area contributed by atoms with Gasteiger partial charge in [0.15, 0.2) is 0 Å². The van der Waals surface area contributed by atoms with E-state index in [9.17, 15) is 0 Å². The minimum absolute atomic E-state index is 0.186. The Morgan fingerprint density at radius 2 is 2.00 bits per heavy atom. The summed E-state index contributed by atoms with van der Waals surface area (Å²) in [4.78, 5) is 1.05. The van der Waals surface area contributed by atoms with Gasteiger partial charge in [-0.1, -0.05) is 36.5 Å². The second-order valence-corrected chi connectivity index (χ2v) is 5.13. The third-order valence-electron chi connectivity index (χ3n) is 3.74. The Morgan fingerprint density at radius 3 is 2.87 bits per heavy atom. The van der Waals surface area contributed by atoms with Crippen LogP contribution in [0.4, 0.5) is 0 Å². The van der Waals surface area contributed by atoms with Crippen molar-refractivity contribution < 1.29 is 0 Å². The summed E-state index contributed by atoms with van der Waals surface area (Å²) in [6, 6.07) is 8.80. The van der Waals surface area contributed by atoms with E-state index >= 15 is 0 Å². The monoisotopic (exact) mass is 217 g/mol. The van der Waals surface area contributed by atoms with Crippen molar-refractivity contribution >= 4 is 17.2 Å². The molecule has 1 aliphatic carbocycles. The molecule has 1 fully saturated rings. The molecule has 0 aromatic heterocycles. The predicted molar refractivity (Wildman–Crippen MR) is 66.0 cm³/mol. The fourth-order valence-electron chi connectivity index (χ4n) is 3.02. The van der Waals surface area contributed by atoms with Gasteiger partial charge in [0.1, 0.15) is 0 Å². The summed E-state index contributed by atoms with van der Waals surface area (Å²) in [7, 11) is 0. The maximum Gasteiger partial charge on any atom is 0.0760 e. The molecule has 0 saturated carbocycles. The Kier molecular flexibility index (Phi) is 2.06. The topological polar surface area (TPSA) is 12.0 Å². The van der Waals surface area contributed by atoms with Crippen LogP contribution in [0.2, 0.25) is 0 Å². The van der Waals surface area contributed by atoms with Crippen molar-refractivity contribution in [3.05, 3.63) is 35.4 Å². The smallest absolute Gasteiger partial charge is 0.0760 e. The van der Waals surface area contributed by atoms with Gasteiger partial charge in [-0.2, -0.15) is 0 Å². The maximum atomic E-state index is 5.33. The molecule has 0 radical (unpaired) electrons. The van der Waals surface area contributed by atoms with Gasteiger partial charge < -0.3 is 5.32 Å². The quantitative estimate of drug-likeness (QED) is 0.671. The molecule has 1 atom stereocenters. The fourth-order valence-corrected chi connectivity index (χ4v) is 3.36. The average molecular weight is 217 g/mol. The van der Waals surface area contributed by atoms with Gasteiger partial charge in [-0.25, -0.2) is 0 Å². The Hall–Kier alpha value is -0.890. The molecule has 1 heterocycles. The minimum atomic E-state index is 0.186. The Balaban J connectivity index is 2.04. The first-order valence-corrected chi connectivity index (χ1v) is 6.10. The van der Waals surface area contributed by atoms with Crippen LogP contribution in [0.5, 0.6) is 0 Å². The van der Waals surface area contributed by atoms with Crippen molar-refractivity contribution in [2.45, 2.75) is 37.6 Å². The van der Waals surface area contributed by atoms with Crippen LogP contribution in [-0.2, 0) is 12.0 Å². The van der Waals surface area contributed by atoms with Gasteiger partial charge in [0.2, 0.25) is 0 Å². The van der Waals surface area contributed by atoms with Crippen LogP contribution < -0.4 is 5.32 Å². The summed E-state index contributed by atoms with van der Waals surface area (Å²) < 4.78 is 0. The van der Waals surface area contributed by atoms with E-state index in [0.717, 1.165) is 11.4 Å². The normalized spacial score (nSPS) is 28.9. The number of rotatable bonds is 0. The number of thiocarbonyl (C=S) groups is 1. The van der Waals surface area contributed by atoms with Crippen LogP contribution in [0.25, 0.3) is 0 Å². The molecule has 0 bridgehead atoms. The van der Waals surface area contributed by atoms with E-state index in [2.05, 4.69) is 29.6 Å². The number of benzene rings is 1. The van der Waals surface area contributed by atoms with Crippen molar-refractivity contribution in [1.29, 1.82) is 0 Å². The van der Waals surface area contributed by atoms with Gasteiger partial charge in [0.05, 0.1) is 10.5 Å². The van der Waals surface area contributed by atoms with E-state index in [1.165, 1.54) is 36.8 Å². The molecule has 3 rings (SSSR count). The number of hydrogen-bond donors (Lipinski definition) is 1. The largest absolute Gasteiger partial charge is 0.370 e. The van der Waals surface area contributed by atoms with Crippen LogP contribution in [0, 0.1) is 0 Å². The highest BCUT2D eigenvalue weighted by molar-refractivity contribution is 7.80. The van der Waals surface area contributed by atoms with Crippen LogP contribution >= 0.6 is 12.2 Å². The molecule has 1 aliphatic heterocycles. The zero-order chi connectivity index (χ0) is 10.3. The van der Waals surface area contributed by atoms with Gasteiger partial charge >= 0.3 is 0 Å². The van der Waals surface area contributed by atoms with Crippen molar-refractivity contribution in [3.63, 3.8) is 0 Å². The lowest BCUT2D eigenvalue weighted by molar-refractivity contribution is 0.332. The van der Waals surface area contributed by atoms with Gasteiger partial charge in [0, 0.05) is 0 Å². The highest BCUT2D eigenvalue weighted by Gasteiger charge is 2.40. The van der Waals surface area contributed by atoms with Crippen LogP contribution in [0.3, 0.4) is 0 Å². The molecule has 1 unspecified atom stereocenters. The molecule has 1 N–H and O–H groups in total. The van der Waals surface area contributed by atoms with Crippen molar-refractivity contribution in [1.82, 2.24) is 5.32 Å². The van der Waals surface area contributed by atoms with E-state index in [1.54, 1.807) is 0 Å². The number of aryl methyl sites for hydroxylation is 1. The first-order valence-electron chi connectivity index (χ1n) is 5.70. The second-order valence-electron chi connectivity index (χ2n) is 4.64. The lowest BCUT2D eigenvalue weighted by atomic mass is 9.83. The van der Waals surface area contributed by atoms with Crippen LogP contribution in [0.1, 0.15) is 36.8 Å². The van der Waals surface area contributed by atoms with E-state index in [-0.39, 0.29) is 5.54 Å². The van der Waals surface area contributed by atoms with Crippen molar-refractivity contribution in [2.75, 3.05) is 0 Å². The number of piperidine rings is 1. The highest BCUT2D eigenvalue weighted by atomic mass is 32.1. The molecule has 78 valence electrons. The summed E-state index contributed by atoms with van der Waals surface area (Å²) in [6.07, 6.45) is 5.96. The number of fused-ring (bicyclic) bond motifs is 2. The lowest BCUT2D eigenvalue weighted by Gasteiger charge is -2.37. The summed E-state index contributed by atoms with van der Waals surface area (Å²) in [5, 5.41) is 3.58. The highest BCUT2D eigenvalue weighted by Crippen LogP contribution is 2.42. The van der Waals surface area contributed by atoms with Gasteiger partial charge in [0.25, 0.3) is 0 Å². The predicted octanol–water partition coefficient (Wildman–Crippen LogP) is 2.93. The average Bonchev–Trinajstić information content (AvgIpc) is 2.59. The summed E-state index contributed by atoms with van der Waals surface area (Å²) in [6.45, 7) is 0. The van der Waals surface area contributed by atoms with E-state index in [0.29, 0.717) is 0 Å². The molecule has 1 nitrogen and oxygen atoms in total. The third kappa shape index (κ3) is 1.39. The third-order valence-corrected chi connectivity index (χ3v) is 4.05. The molecule has 15 heavy (non-hydrogen) atoms. The molecule has 1 aromatic carbocycles. The standard InChI is InChI=1S/C13H15NS/c15-12-6-3-8-13(14-12)9-7-10-4-1-2-5-11(10)13/h1-2,4-5H,3,6-9H2,(H,14,15). The first kappa shape index (κ1) is 9.34. The summed E-state index contributed by atoms with van der Waals surface area (Å²) in [5.74, 6) is 0. The molecule has 1 saturated heterocycles. The summed E-state index contributed by atoms with van der Waals surface area (Å²) >= 11 is 5.33. The molecule has 1 spiro atoms. The zero-order valence-corrected chi connectivity index (χ0v) is 9.57. The molecule has 2 heteroatoms. The molecular weight excluding hydrogens is 202 g/mol. The molecule has 0 amide bonds. The Bertz CT molecular complexity index is 409. The first-order chi connectivity index (χ1) is 7.30. The lowest BCUT2D eigenvalue weighted by Crippen LogP contribution is -2.46. The summed E-state index contributed by atoms with van der Waals surface area (Å²) in [5.41, 5.74) is 3.19. The zero-order valence-electron chi connectivity index (χ0n) is 8.75. The Labute approximate surface area is 95.9 Å². The van der Waals surface area contributed by atoms with Crippen molar-refractivity contribution in [2.24, 2.45) is 0 Å². The van der Waals surface area contributed by atoms with Gasteiger partial charge in [-0.15, -0.1) is 0 Å². The van der Waals surface area contributed by atoms with E-state index in [1.807, 2.05) is 0 Å². The van der Waals surface area contributed by atoms with Gasteiger partial charge in [-0.3, -0.25) is 0 Å². The van der Waals surface area contributed by atoms with Crippen LogP contribution in [0.15, 0.2) is 24.3 Å². The second kappa shape index (κ2) is 3.31. The maximum absolute atomic E-state index is 5.33. The van der Waals surface area contributed by atoms with Crippen LogP contribution in [-0.4, -0.2) is 4.99 Å². The molecule has 1 aromatic rings. The Morgan fingerprint density at radius 1 is 1.13 bits per heavy atom. The van der Waals surface area contributed by atoms with E-state index in [4.69, 9.17) is 12.2 Å². The van der Waals surface area contributed by atoms with Gasteiger partial charge in [-0.05, 0) is 43.2 Å². The number of hydrogen-bond acceptors (Lipinski definition) is 1. The van der Waals surface area contributed by atoms with Crippen molar-refractivity contribution in [3.8, 4) is 0 Å². The fraction of sp³-hybridized carbons (Fsp3) is 0.462. The number of nitrogens with one attached hydrogen (secondary N) is 1. The molecular formula is C13H15NS. The SMILES string of the molecule is S=C1CCCC2(CCc3ccccc32)N1. The minimum Gasteiger partial charge on any atom is -0.370 e. The molecule has 2 aliphatic rings.